The first-order valence-electron chi connectivity index (χ1n) is 8.98. The molecule has 0 saturated heterocycles. The summed E-state index contributed by atoms with van der Waals surface area (Å²) in [5.74, 6) is -0.245. The molecule has 4 rings (SSSR count). The minimum Gasteiger partial charge on any atom is -0.350 e. The van der Waals surface area contributed by atoms with Crippen molar-refractivity contribution >= 4 is 28.0 Å². The zero-order valence-electron chi connectivity index (χ0n) is 15.4. The van der Waals surface area contributed by atoms with Crippen molar-refractivity contribution in [2.24, 2.45) is 0 Å². The van der Waals surface area contributed by atoms with E-state index in [2.05, 4.69) is 10.4 Å². The molecule has 4 aromatic rings. The number of nitrogens with one attached hydrogen (secondary N) is 1. The number of hydrogen-bond acceptors (Lipinski definition) is 4. The lowest BCUT2D eigenvalue weighted by molar-refractivity contribution is -0.122. The minimum atomic E-state index is -0.262. The number of nitrogens with zero attached hydrogens (tertiary/aromatic N) is 2. The van der Waals surface area contributed by atoms with Crippen molar-refractivity contribution in [2.75, 3.05) is 0 Å². The SMILES string of the molecule is Cc1ccccc1CNC(=O)Cn1nc(-c2cccs2)c2ccccc2c1=O. The van der Waals surface area contributed by atoms with Gasteiger partial charge in [-0.2, -0.15) is 5.10 Å². The van der Waals surface area contributed by atoms with Gasteiger partial charge in [-0.3, -0.25) is 9.59 Å². The molecule has 1 amide bonds. The van der Waals surface area contributed by atoms with Gasteiger partial charge in [0.15, 0.2) is 0 Å². The third-order valence-corrected chi connectivity index (χ3v) is 5.53. The lowest BCUT2D eigenvalue weighted by Gasteiger charge is -2.11. The van der Waals surface area contributed by atoms with E-state index in [0.29, 0.717) is 11.9 Å². The van der Waals surface area contributed by atoms with Crippen LogP contribution in [0.2, 0.25) is 0 Å². The first-order valence-corrected chi connectivity index (χ1v) is 9.86. The predicted molar refractivity (Wildman–Crippen MR) is 112 cm³/mol. The lowest BCUT2D eigenvalue weighted by atomic mass is 10.1. The highest BCUT2D eigenvalue weighted by Gasteiger charge is 2.14. The number of amides is 1. The molecule has 1 N–H and O–H groups in total. The van der Waals surface area contributed by atoms with Crippen LogP contribution in [0.1, 0.15) is 11.1 Å². The van der Waals surface area contributed by atoms with Crippen molar-refractivity contribution in [3.05, 3.63) is 87.5 Å². The summed E-state index contributed by atoms with van der Waals surface area (Å²) in [5.41, 5.74) is 2.62. The fourth-order valence-corrected chi connectivity index (χ4v) is 3.86. The number of carbonyl (C=O) groups excluding carboxylic acids is 1. The maximum atomic E-state index is 12.8. The molecule has 0 atom stereocenters. The van der Waals surface area contributed by atoms with E-state index >= 15 is 0 Å². The Morgan fingerprint density at radius 2 is 1.79 bits per heavy atom. The fourth-order valence-electron chi connectivity index (χ4n) is 3.13. The zero-order chi connectivity index (χ0) is 19.5. The standard InChI is InChI=1S/C22H19N3O2S/c1-15-7-2-3-8-16(15)13-23-20(26)14-25-22(27)18-10-5-4-9-17(18)21(24-25)19-11-6-12-28-19/h2-12H,13-14H2,1H3,(H,23,26). The second-order valence-electron chi connectivity index (χ2n) is 6.54. The monoisotopic (exact) mass is 389 g/mol. The summed E-state index contributed by atoms with van der Waals surface area (Å²) in [6, 6.07) is 19.2. The van der Waals surface area contributed by atoms with Crippen molar-refractivity contribution in [3.8, 4) is 10.6 Å². The number of aryl methyl sites for hydroxylation is 1. The number of aromatic nitrogens is 2. The van der Waals surface area contributed by atoms with Crippen LogP contribution in [0.4, 0.5) is 0 Å². The van der Waals surface area contributed by atoms with Gasteiger partial charge in [-0.25, -0.2) is 4.68 Å². The summed E-state index contributed by atoms with van der Waals surface area (Å²) in [6.45, 7) is 2.31. The summed E-state index contributed by atoms with van der Waals surface area (Å²) in [7, 11) is 0. The Labute approximate surface area is 166 Å². The maximum Gasteiger partial charge on any atom is 0.275 e. The van der Waals surface area contributed by atoms with Crippen molar-refractivity contribution in [1.82, 2.24) is 15.1 Å². The molecule has 140 valence electrons. The molecule has 2 aromatic heterocycles. The highest BCUT2D eigenvalue weighted by atomic mass is 32.1. The topological polar surface area (TPSA) is 64.0 Å². The van der Waals surface area contributed by atoms with E-state index in [1.807, 2.05) is 66.9 Å². The zero-order valence-corrected chi connectivity index (χ0v) is 16.2. The largest absolute Gasteiger partial charge is 0.350 e. The van der Waals surface area contributed by atoms with Crippen LogP contribution >= 0.6 is 11.3 Å². The summed E-state index contributed by atoms with van der Waals surface area (Å²) in [6.07, 6.45) is 0. The van der Waals surface area contributed by atoms with Crippen molar-refractivity contribution in [1.29, 1.82) is 0 Å². The van der Waals surface area contributed by atoms with Crippen molar-refractivity contribution in [2.45, 2.75) is 20.0 Å². The second-order valence-corrected chi connectivity index (χ2v) is 7.49. The van der Waals surface area contributed by atoms with Gasteiger partial charge in [0.1, 0.15) is 12.2 Å². The van der Waals surface area contributed by atoms with E-state index in [9.17, 15) is 9.59 Å². The first kappa shape index (κ1) is 18.1. The van der Waals surface area contributed by atoms with E-state index in [1.165, 1.54) is 4.68 Å². The molecule has 0 radical (unpaired) electrons. The van der Waals surface area contributed by atoms with Crippen molar-refractivity contribution < 1.29 is 4.79 Å². The lowest BCUT2D eigenvalue weighted by Crippen LogP contribution is -2.33. The first-order chi connectivity index (χ1) is 13.6. The summed E-state index contributed by atoms with van der Waals surface area (Å²) in [4.78, 5) is 26.3. The normalized spacial score (nSPS) is 10.9. The molecule has 6 heteroatoms. The van der Waals surface area contributed by atoms with Gasteiger partial charge in [-0.05, 0) is 35.6 Å². The Morgan fingerprint density at radius 3 is 2.54 bits per heavy atom. The molecule has 0 spiro atoms. The van der Waals surface area contributed by atoms with Crippen LogP contribution in [0.15, 0.2) is 70.8 Å². The molecule has 0 aliphatic heterocycles. The van der Waals surface area contributed by atoms with Crippen LogP contribution in [-0.2, 0) is 17.9 Å². The molecule has 2 heterocycles. The molecule has 0 unspecified atom stereocenters. The number of thiophene rings is 1. The molecule has 0 aliphatic rings. The van der Waals surface area contributed by atoms with Crippen LogP contribution in [0.25, 0.3) is 21.3 Å². The average molecular weight is 389 g/mol. The van der Waals surface area contributed by atoms with E-state index in [-0.39, 0.29) is 18.0 Å². The molecule has 0 bridgehead atoms. The predicted octanol–water partition coefficient (Wildman–Crippen LogP) is 3.75. The average Bonchev–Trinajstić information content (AvgIpc) is 3.24. The molecule has 28 heavy (non-hydrogen) atoms. The fraction of sp³-hybridized carbons (Fsp3) is 0.136. The van der Waals surface area contributed by atoms with E-state index < -0.39 is 0 Å². The molecular weight excluding hydrogens is 370 g/mol. The number of fused-ring (bicyclic) bond motifs is 1. The highest BCUT2D eigenvalue weighted by Crippen LogP contribution is 2.28. The van der Waals surface area contributed by atoms with Crippen LogP contribution in [-0.4, -0.2) is 15.7 Å². The third-order valence-electron chi connectivity index (χ3n) is 4.65. The van der Waals surface area contributed by atoms with Crippen LogP contribution in [0, 0.1) is 6.92 Å². The van der Waals surface area contributed by atoms with Crippen LogP contribution in [0.3, 0.4) is 0 Å². The number of carbonyl (C=O) groups is 1. The van der Waals surface area contributed by atoms with E-state index in [0.717, 1.165) is 27.1 Å². The van der Waals surface area contributed by atoms with Gasteiger partial charge in [-0.15, -0.1) is 11.3 Å². The second kappa shape index (κ2) is 7.78. The number of hydrogen-bond donors (Lipinski definition) is 1. The molecule has 0 saturated carbocycles. The Morgan fingerprint density at radius 1 is 1.04 bits per heavy atom. The maximum absolute atomic E-state index is 12.8. The van der Waals surface area contributed by atoms with Crippen LogP contribution < -0.4 is 10.9 Å². The Kier molecular flexibility index (Phi) is 5.04. The summed E-state index contributed by atoms with van der Waals surface area (Å²) < 4.78 is 1.25. The van der Waals surface area contributed by atoms with E-state index in [1.54, 1.807) is 17.4 Å². The molecule has 0 aliphatic carbocycles. The quantitative estimate of drug-likeness (QED) is 0.565. The Balaban J connectivity index is 1.63. The third kappa shape index (κ3) is 3.59. The Hall–Kier alpha value is -3.25. The smallest absolute Gasteiger partial charge is 0.275 e. The van der Waals surface area contributed by atoms with Gasteiger partial charge < -0.3 is 5.32 Å². The molecule has 2 aromatic carbocycles. The van der Waals surface area contributed by atoms with Gasteiger partial charge >= 0.3 is 0 Å². The highest BCUT2D eigenvalue weighted by molar-refractivity contribution is 7.13. The number of rotatable bonds is 5. The molecule has 5 nitrogen and oxygen atoms in total. The Bertz CT molecular complexity index is 1200. The minimum absolute atomic E-state index is 0.117. The van der Waals surface area contributed by atoms with E-state index in [4.69, 9.17) is 0 Å². The van der Waals surface area contributed by atoms with Gasteiger partial charge in [0, 0.05) is 11.9 Å². The molecule has 0 fully saturated rings. The number of benzene rings is 2. The van der Waals surface area contributed by atoms with Gasteiger partial charge in [0.25, 0.3) is 5.56 Å². The van der Waals surface area contributed by atoms with Gasteiger partial charge in [0.05, 0.1) is 10.3 Å². The summed E-state index contributed by atoms with van der Waals surface area (Å²) >= 11 is 1.56. The summed E-state index contributed by atoms with van der Waals surface area (Å²) in [5, 5.41) is 10.7. The van der Waals surface area contributed by atoms with Gasteiger partial charge in [0.2, 0.25) is 5.91 Å². The molecular formula is C22H19N3O2S. The van der Waals surface area contributed by atoms with Gasteiger partial charge in [-0.1, -0.05) is 48.5 Å². The van der Waals surface area contributed by atoms with Crippen molar-refractivity contribution in [3.63, 3.8) is 0 Å². The van der Waals surface area contributed by atoms with Crippen LogP contribution in [0.5, 0.6) is 0 Å².